The molecule has 0 fully saturated rings. The second-order valence-electron chi connectivity index (χ2n) is 0.962. The van der Waals surface area contributed by atoms with Crippen LogP contribution in [-0.2, 0) is 0 Å². The Balaban J connectivity index is 0.000000250. The van der Waals surface area contributed by atoms with Gasteiger partial charge in [-0.05, 0) is 0 Å². The molecule has 0 aromatic heterocycles. The SMILES string of the molecule is N.[CH]1C=CC=C1. The molecule has 1 nitrogen and oxygen atoms in total. The molecule has 1 heteroatoms. The molecule has 0 aromatic rings. The molecule has 0 amide bonds. The monoisotopic (exact) mass is 82.1 g/mol. The molecule has 3 N–H and O–H groups in total. The van der Waals surface area contributed by atoms with Crippen LogP contribution in [0.3, 0.4) is 0 Å². The van der Waals surface area contributed by atoms with E-state index >= 15 is 0 Å². The Bertz CT molecular complexity index is 62.0. The van der Waals surface area contributed by atoms with Crippen LogP contribution in [0.4, 0.5) is 0 Å². The van der Waals surface area contributed by atoms with Gasteiger partial charge < -0.3 is 6.15 Å². The molecule has 6 heavy (non-hydrogen) atoms. The van der Waals surface area contributed by atoms with E-state index in [9.17, 15) is 0 Å². The lowest BCUT2D eigenvalue weighted by Crippen LogP contribution is -1.39. The number of hydrogen-bond acceptors (Lipinski definition) is 1. The van der Waals surface area contributed by atoms with Crippen molar-refractivity contribution in [2.45, 2.75) is 0 Å². The van der Waals surface area contributed by atoms with Gasteiger partial charge in [-0.15, -0.1) is 0 Å². The smallest absolute Gasteiger partial charge is 0.00506 e. The largest absolute Gasteiger partial charge is 0.344 e. The van der Waals surface area contributed by atoms with Crippen LogP contribution < -0.4 is 6.15 Å². The summed E-state index contributed by atoms with van der Waals surface area (Å²) in [6, 6.07) is 0. The summed E-state index contributed by atoms with van der Waals surface area (Å²) < 4.78 is 0. The van der Waals surface area contributed by atoms with Crippen molar-refractivity contribution in [3.8, 4) is 0 Å². The summed E-state index contributed by atoms with van der Waals surface area (Å²) in [5, 5.41) is 0. The summed E-state index contributed by atoms with van der Waals surface area (Å²) in [7, 11) is 0. The predicted octanol–water partition coefficient (Wildman–Crippen LogP) is 1.48. The van der Waals surface area contributed by atoms with E-state index in [4.69, 9.17) is 0 Å². The van der Waals surface area contributed by atoms with E-state index in [0.29, 0.717) is 0 Å². The van der Waals surface area contributed by atoms with Gasteiger partial charge >= 0.3 is 0 Å². The Hall–Kier alpha value is -0.560. The molecule has 0 saturated heterocycles. The Morgan fingerprint density at radius 1 is 0.667 bits per heavy atom. The fourth-order valence-electron chi connectivity index (χ4n) is 0.321. The van der Waals surface area contributed by atoms with Gasteiger partial charge in [-0.25, -0.2) is 0 Å². The van der Waals surface area contributed by atoms with E-state index in [-0.39, 0.29) is 6.15 Å². The molecule has 0 aromatic carbocycles. The Labute approximate surface area is 37.9 Å². The van der Waals surface area contributed by atoms with Crippen LogP contribution in [-0.4, -0.2) is 0 Å². The van der Waals surface area contributed by atoms with Crippen LogP contribution in [0.2, 0.25) is 0 Å². The standard InChI is InChI=1S/C5H5.H3N/c1-2-4-5-3-1;/h1-5H;1H3. The van der Waals surface area contributed by atoms with Crippen molar-refractivity contribution in [2.24, 2.45) is 0 Å². The summed E-state index contributed by atoms with van der Waals surface area (Å²) in [5.74, 6) is 0. The lowest BCUT2D eigenvalue weighted by molar-refractivity contribution is 1.87. The van der Waals surface area contributed by atoms with Crippen molar-refractivity contribution in [3.05, 3.63) is 30.7 Å². The van der Waals surface area contributed by atoms with Crippen molar-refractivity contribution in [2.75, 3.05) is 0 Å². The molecule has 0 atom stereocenters. The molecule has 1 aliphatic carbocycles. The Morgan fingerprint density at radius 2 is 1.17 bits per heavy atom. The summed E-state index contributed by atoms with van der Waals surface area (Å²) in [5.41, 5.74) is 0. The second kappa shape index (κ2) is 2.67. The van der Waals surface area contributed by atoms with Crippen molar-refractivity contribution in [1.82, 2.24) is 6.15 Å². The minimum atomic E-state index is 0. The summed E-state index contributed by atoms with van der Waals surface area (Å²) in [6.07, 6.45) is 10.0. The van der Waals surface area contributed by atoms with Gasteiger partial charge in [-0.2, -0.15) is 0 Å². The highest BCUT2D eigenvalue weighted by molar-refractivity contribution is 5.23. The third-order valence-corrected chi connectivity index (χ3v) is 0.556. The lowest BCUT2D eigenvalue weighted by atomic mass is 10.5. The maximum atomic E-state index is 2.00. The van der Waals surface area contributed by atoms with E-state index in [1.807, 2.05) is 30.7 Å². The highest BCUT2D eigenvalue weighted by Gasteiger charge is 1.72. The number of rotatable bonds is 0. The number of hydrogen-bond donors (Lipinski definition) is 1. The maximum absolute atomic E-state index is 2.00. The number of allylic oxidation sites excluding steroid dienone is 4. The molecule has 0 bridgehead atoms. The predicted molar refractivity (Wildman–Crippen MR) is 27.6 cm³/mol. The highest BCUT2D eigenvalue weighted by atomic mass is 14.0. The molecule has 33 valence electrons. The molecule has 0 saturated carbocycles. The zero-order valence-corrected chi connectivity index (χ0v) is 3.59. The van der Waals surface area contributed by atoms with E-state index in [1.165, 1.54) is 0 Å². The minimum absolute atomic E-state index is 0. The summed E-state index contributed by atoms with van der Waals surface area (Å²) >= 11 is 0. The van der Waals surface area contributed by atoms with E-state index in [2.05, 4.69) is 0 Å². The van der Waals surface area contributed by atoms with E-state index in [1.54, 1.807) is 0 Å². The van der Waals surface area contributed by atoms with Crippen LogP contribution >= 0.6 is 0 Å². The van der Waals surface area contributed by atoms with Gasteiger partial charge in [0.1, 0.15) is 0 Å². The second-order valence-corrected chi connectivity index (χ2v) is 0.962. The fraction of sp³-hybridized carbons (Fsp3) is 0. The van der Waals surface area contributed by atoms with Gasteiger partial charge in [-0.3, -0.25) is 0 Å². The first-order valence-corrected chi connectivity index (χ1v) is 1.67. The molecule has 0 aliphatic heterocycles. The van der Waals surface area contributed by atoms with E-state index in [0.717, 1.165) is 0 Å². The zero-order valence-electron chi connectivity index (χ0n) is 3.59. The molecule has 1 radical (unpaired) electrons. The van der Waals surface area contributed by atoms with Crippen molar-refractivity contribution in [1.29, 1.82) is 0 Å². The molecule has 1 rings (SSSR count). The molecule has 1 aliphatic rings. The van der Waals surface area contributed by atoms with Crippen molar-refractivity contribution < 1.29 is 0 Å². The van der Waals surface area contributed by atoms with Gasteiger partial charge in [0, 0.05) is 6.42 Å². The van der Waals surface area contributed by atoms with Crippen molar-refractivity contribution in [3.63, 3.8) is 0 Å². The normalized spacial score (nSPS) is 14.7. The maximum Gasteiger partial charge on any atom is 0.00506 e. The van der Waals surface area contributed by atoms with Crippen LogP contribution in [0.1, 0.15) is 0 Å². The summed E-state index contributed by atoms with van der Waals surface area (Å²) in [6.45, 7) is 0. The molecule has 0 spiro atoms. The van der Waals surface area contributed by atoms with Crippen LogP contribution in [0, 0.1) is 6.42 Å². The van der Waals surface area contributed by atoms with Gasteiger partial charge in [-0.1, -0.05) is 24.3 Å². The average Bonchev–Trinajstić information content (AvgIpc) is 1.76. The third kappa shape index (κ3) is 1.04. The third-order valence-electron chi connectivity index (χ3n) is 0.556. The first-order valence-electron chi connectivity index (χ1n) is 1.67. The Kier molecular flexibility index (Phi) is 2.42. The van der Waals surface area contributed by atoms with Crippen LogP contribution in [0.5, 0.6) is 0 Å². The van der Waals surface area contributed by atoms with Gasteiger partial charge in [0.25, 0.3) is 0 Å². The molecule has 0 heterocycles. The van der Waals surface area contributed by atoms with Crippen LogP contribution in [0.25, 0.3) is 0 Å². The van der Waals surface area contributed by atoms with Gasteiger partial charge in [0.15, 0.2) is 0 Å². The highest BCUT2D eigenvalue weighted by Crippen LogP contribution is 1.91. The van der Waals surface area contributed by atoms with Gasteiger partial charge in [0.05, 0.1) is 0 Å². The topological polar surface area (TPSA) is 35.0 Å². The first-order chi connectivity index (χ1) is 2.50. The lowest BCUT2D eigenvalue weighted by Gasteiger charge is -1.56. The molecule has 0 unspecified atom stereocenters. The van der Waals surface area contributed by atoms with E-state index < -0.39 is 0 Å². The van der Waals surface area contributed by atoms with Crippen LogP contribution in [0.15, 0.2) is 24.3 Å². The van der Waals surface area contributed by atoms with Crippen molar-refractivity contribution >= 4 is 0 Å². The Morgan fingerprint density at radius 3 is 1.33 bits per heavy atom. The minimum Gasteiger partial charge on any atom is -0.344 e. The van der Waals surface area contributed by atoms with Gasteiger partial charge in [0.2, 0.25) is 0 Å². The quantitative estimate of drug-likeness (QED) is 0.472. The fourth-order valence-corrected chi connectivity index (χ4v) is 0.321. The zero-order chi connectivity index (χ0) is 3.54. The summed E-state index contributed by atoms with van der Waals surface area (Å²) in [4.78, 5) is 0. The first kappa shape index (κ1) is 5.44. The molecular weight excluding hydrogens is 74.1 g/mol. The molecular formula is C5H8N. The average molecular weight is 82.1 g/mol.